The van der Waals surface area contributed by atoms with Crippen LogP contribution in [0.15, 0.2) is 58.2 Å². The average molecular weight is 381 g/mol. The molecule has 0 bridgehead atoms. The zero-order valence-electron chi connectivity index (χ0n) is 14.8. The van der Waals surface area contributed by atoms with Gasteiger partial charge in [0, 0.05) is 5.56 Å². The molecule has 0 radical (unpaired) electrons. The van der Waals surface area contributed by atoms with Crippen molar-refractivity contribution < 1.29 is 8.91 Å². The summed E-state index contributed by atoms with van der Waals surface area (Å²) in [7, 11) is 0. The lowest BCUT2D eigenvalue weighted by atomic mass is 10.2. The number of hydrogen-bond donors (Lipinski definition) is 0. The van der Waals surface area contributed by atoms with Gasteiger partial charge in [0.05, 0.1) is 11.4 Å². The van der Waals surface area contributed by atoms with Gasteiger partial charge in [-0.25, -0.2) is 4.39 Å². The fourth-order valence-electron chi connectivity index (χ4n) is 2.68. The van der Waals surface area contributed by atoms with Crippen molar-refractivity contribution in [2.24, 2.45) is 0 Å². The van der Waals surface area contributed by atoms with Gasteiger partial charge >= 0.3 is 0 Å². The third-order valence-electron chi connectivity index (χ3n) is 4.05. The predicted octanol–water partition coefficient (Wildman–Crippen LogP) is 4.37. The van der Waals surface area contributed by atoms with Crippen LogP contribution in [0.25, 0.3) is 17.1 Å². The van der Waals surface area contributed by atoms with Gasteiger partial charge < -0.3 is 4.52 Å². The van der Waals surface area contributed by atoms with Gasteiger partial charge in [-0.15, -0.1) is 10.2 Å². The van der Waals surface area contributed by atoms with Gasteiger partial charge in [-0.05, 0) is 49.7 Å². The number of aryl methyl sites for hydroxylation is 2. The Kier molecular flexibility index (Phi) is 4.72. The van der Waals surface area contributed by atoms with Crippen molar-refractivity contribution >= 4 is 11.8 Å². The third kappa shape index (κ3) is 3.61. The Bertz CT molecular complexity index is 1070. The van der Waals surface area contributed by atoms with Gasteiger partial charge in [0.2, 0.25) is 11.7 Å². The average Bonchev–Trinajstić information content (AvgIpc) is 3.28. The minimum Gasteiger partial charge on any atom is -0.338 e. The van der Waals surface area contributed by atoms with Crippen molar-refractivity contribution in [3.05, 3.63) is 71.6 Å². The summed E-state index contributed by atoms with van der Waals surface area (Å²) < 4.78 is 20.4. The highest BCUT2D eigenvalue weighted by molar-refractivity contribution is 7.98. The van der Waals surface area contributed by atoms with Crippen LogP contribution < -0.4 is 0 Å². The number of para-hydroxylation sites is 1. The molecule has 8 heteroatoms. The molecule has 4 aromatic rings. The number of aromatic nitrogens is 5. The Hall–Kier alpha value is -3.00. The third-order valence-corrected chi connectivity index (χ3v) is 4.96. The Labute approximate surface area is 159 Å². The van der Waals surface area contributed by atoms with Gasteiger partial charge in [0.1, 0.15) is 11.6 Å². The molecule has 0 aliphatic carbocycles. The quantitative estimate of drug-likeness (QED) is 0.478. The molecule has 0 saturated carbocycles. The summed E-state index contributed by atoms with van der Waals surface area (Å²) >= 11 is 1.47. The first-order valence-electron chi connectivity index (χ1n) is 8.31. The lowest BCUT2D eigenvalue weighted by molar-refractivity contribution is 0.391. The van der Waals surface area contributed by atoms with Crippen molar-refractivity contribution in [2.45, 2.75) is 24.8 Å². The molecule has 136 valence electrons. The van der Waals surface area contributed by atoms with E-state index in [0.29, 0.717) is 23.0 Å². The molecule has 0 unspecified atom stereocenters. The van der Waals surface area contributed by atoms with E-state index in [-0.39, 0.29) is 5.82 Å². The second-order valence-electron chi connectivity index (χ2n) is 5.96. The van der Waals surface area contributed by atoms with Crippen molar-refractivity contribution in [3.63, 3.8) is 0 Å². The van der Waals surface area contributed by atoms with Gasteiger partial charge in [-0.3, -0.25) is 4.57 Å². The molecule has 6 nitrogen and oxygen atoms in total. The molecule has 0 aliphatic heterocycles. The standard InChI is InChI=1S/C19H16FN5OS/c1-12-5-3-4-6-16(12)25-13(2)22-23-19(25)27-11-17-21-18(24-26-17)14-7-9-15(20)10-8-14/h3-10H,11H2,1-2H3. The second kappa shape index (κ2) is 7.32. The molecule has 0 amide bonds. The molecule has 0 fully saturated rings. The molecule has 4 rings (SSSR count). The van der Waals surface area contributed by atoms with E-state index in [2.05, 4.69) is 33.3 Å². The van der Waals surface area contributed by atoms with Crippen LogP contribution in [-0.4, -0.2) is 24.9 Å². The molecule has 0 saturated heterocycles. The highest BCUT2D eigenvalue weighted by atomic mass is 32.2. The van der Waals surface area contributed by atoms with Crippen LogP contribution in [0.1, 0.15) is 17.3 Å². The van der Waals surface area contributed by atoms with Crippen LogP contribution in [0.4, 0.5) is 4.39 Å². The van der Waals surface area contributed by atoms with Crippen LogP contribution in [-0.2, 0) is 5.75 Å². The first-order chi connectivity index (χ1) is 13.1. The molecule has 2 aromatic carbocycles. The zero-order chi connectivity index (χ0) is 18.8. The predicted molar refractivity (Wildman–Crippen MR) is 100 cm³/mol. The maximum absolute atomic E-state index is 13.0. The smallest absolute Gasteiger partial charge is 0.237 e. The Balaban J connectivity index is 1.54. The number of halogens is 1. The summed E-state index contributed by atoms with van der Waals surface area (Å²) in [6, 6.07) is 14.1. The van der Waals surface area contributed by atoms with Crippen LogP contribution in [0.3, 0.4) is 0 Å². The fourth-order valence-corrected chi connectivity index (χ4v) is 3.51. The fraction of sp³-hybridized carbons (Fsp3) is 0.158. The van der Waals surface area contributed by atoms with Crippen molar-refractivity contribution in [1.29, 1.82) is 0 Å². The van der Waals surface area contributed by atoms with Crippen LogP contribution in [0.5, 0.6) is 0 Å². The van der Waals surface area contributed by atoms with E-state index in [4.69, 9.17) is 4.52 Å². The SMILES string of the molecule is Cc1ccccc1-n1c(C)nnc1SCc1nc(-c2ccc(F)cc2)no1. The second-order valence-corrected chi connectivity index (χ2v) is 6.90. The largest absolute Gasteiger partial charge is 0.338 e. The van der Waals surface area contributed by atoms with Gasteiger partial charge in [0.25, 0.3) is 0 Å². The zero-order valence-corrected chi connectivity index (χ0v) is 15.6. The summed E-state index contributed by atoms with van der Waals surface area (Å²) in [6.07, 6.45) is 0. The van der Waals surface area contributed by atoms with E-state index >= 15 is 0 Å². The molecule has 0 spiro atoms. The number of nitrogens with zero attached hydrogens (tertiary/aromatic N) is 5. The highest BCUT2D eigenvalue weighted by Crippen LogP contribution is 2.27. The van der Waals surface area contributed by atoms with Gasteiger partial charge in [0.15, 0.2) is 5.16 Å². The van der Waals surface area contributed by atoms with E-state index in [1.807, 2.05) is 29.7 Å². The Morgan fingerprint density at radius 2 is 1.81 bits per heavy atom. The van der Waals surface area contributed by atoms with Crippen molar-refractivity contribution in [1.82, 2.24) is 24.9 Å². The summed E-state index contributed by atoms with van der Waals surface area (Å²) in [4.78, 5) is 4.37. The summed E-state index contributed by atoms with van der Waals surface area (Å²) in [5.74, 6) is 1.87. The van der Waals surface area contributed by atoms with E-state index in [1.165, 1.54) is 23.9 Å². The monoisotopic (exact) mass is 381 g/mol. The minimum atomic E-state index is -0.302. The molecule has 0 N–H and O–H groups in total. The molecule has 0 aliphatic rings. The molecular weight excluding hydrogens is 365 g/mol. The topological polar surface area (TPSA) is 69.6 Å². The lowest BCUT2D eigenvalue weighted by Gasteiger charge is -2.10. The van der Waals surface area contributed by atoms with E-state index in [9.17, 15) is 4.39 Å². The number of benzene rings is 2. The first-order valence-corrected chi connectivity index (χ1v) is 9.30. The van der Waals surface area contributed by atoms with Crippen molar-refractivity contribution in [2.75, 3.05) is 0 Å². The Morgan fingerprint density at radius 3 is 2.59 bits per heavy atom. The lowest BCUT2D eigenvalue weighted by Crippen LogP contribution is -2.01. The number of thioether (sulfide) groups is 1. The maximum Gasteiger partial charge on any atom is 0.237 e. The highest BCUT2D eigenvalue weighted by Gasteiger charge is 2.15. The van der Waals surface area contributed by atoms with Gasteiger partial charge in [-0.2, -0.15) is 4.98 Å². The summed E-state index contributed by atoms with van der Waals surface area (Å²) in [5, 5.41) is 13.2. The molecule has 2 heterocycles. The van der Waals surface area contributed by atoms with Crippen molar-refractivity contribution in [3.8, 4) is 17.1 Å². The van der Waals surface area contributed by atoms with Gasteiger partial charge in [-0.1, -0.05) is 35.1 Å². The van der Waals surface area contributed by atoms with Crippen LogP contribution >= 0.6 is 11.8 Å². The normalized spacial score (nSPS) is 11.1. The molecule has 0 atom stereocenters. The molecule has 2 aromatic heterocycles. The number of rotatable bonds is 5. The van der Waals surface area contributed by atoms with E-state index < -0.39 is 0 Å². The maximum atomic E-state index is 13.0. The molecular formula is C19H16FN5OS. The summed E-state index contributed by atoms with van der Waals surface area (Å²) in [5.41, 5.74) is 2.88. The van der Waals surface area contributed by atoms with Crippen LogP contribution in [0, 0.1) is 19.7 Å². The molecule has 27 heavy (non-hydrogen) atoms. The summed E-state index contributed by atoms with van der Waals surface area (Å²) in [6.45, 7) is 3.97. The Morgan fingerprint density at radius 1 is 1.04 bits per heavy atom. The number of hydrogen-bond acceptors (Lipinski definition) is 6. The first kappa shape index (κ1) is 17.4. The van der Waals surface area contributed by atoms with Crippen LogP contribution in [0.2, 0.25) is 0 Å². The van der Waals surface area contributed by atoms with E-state index in [0.717, 1.165) is 22.2 Å². The van der Waals surface area contributed by atoms with E-state index in [1.54, 1.807) is 12.1 Å². The minimum absolute atomic E-state index is 0.302.